The largest absolute Gasteiger partial charge is 0.295 e. The van der Waals surface area contributed by atoms with Crippen LogP contribution in [0.15, 0.2) is 11.6 Å². The van der Waals surface area contributed by atoms with Crippen LogP contribution in [0.4, 0.5) is 0 Å². The molecular weight excluding hydrogens is 184 g/mol. The standard InChI is InChI=1S/C14H24O/c1-4-11(2)12(3)10-14(15)7-5-6-13-8-9-13/h10-11,13H,4-9H2,1-3H3/b12-10+. The van der Waals surface area contributed by atoms with E-state index in [2.05, 4.69) is 20.8 Å². The van der Waals surface area contributed by atoms with Crippen LogP contribution in [0.2, 0.25) is 0 Å². The topological polar surface area (TPSA) is 17.1 Å². The van der Waals surface area contributed by atoms with Gasteiger partial charge < -0.3 is 0 Å². The first kappa shape index (κ1) is 12.5. The molecule has 1 nitrogen and oxygen atoms in total. The molecule has 0 N–H and O–H groups in total. The van der Waals surface area contributed by atoms with Crippen LogP contribution in [0.1, 0.15) is 59.3 Å². The first-order chi connectivity index (χ1) is 7.13. The molecule has 1 aliphatic carbocycles. The predicted octanol–water partition coefficient (Wildman–Crippen LogP) is 4.13. The smallest absolute Gasteiger partial charge is 0.155 e. The second kappa shape index (κ2) is 6.09. The highest BCUT2D eigenvalue weighted by atomic mass is 16.1. The lowest BCUT2D eigenvalue weighted by Gasteiger charge is -2.08. The number of carbonyl (C=O) groups excluding carboxylic acids is 1. The lowest BCUT2D eigenvalue weighted by atomic mass is 9.98. The minimum atomic E-state index is 0.327. The van der Waals surface area contributed by atoms with Gasteiger partial charge in [-0.2, -0.15) is 0 Å². The second-order valence-electron chi connectivity index (χ2n) is 5.00. The summed E-state index contributed by atoms with van der Waals surface area (Å²) >= 11 is 0. The molecule has 0 spiro atoms. The molecule has 0 heterocycles. The summed E-state index contributed by atoms with van der Waals surface area (Å²) in [6, 6.07) is 0. The van der Waals surface area contributed by atoms with Gasteiger partial charge in [-0.25, -0.2) is 0 Å². The maximum absolute atomic E-state index is 11.6. The minimum absolute atomic E-state index is 0.327. The minimum Gasteiger partial charge on any atom is -0.295 e. The molecule has 1 unspecified atom stereocenters. The van der Waals surface area contributed by atoms with Crippen molar-refractivity contribution in [2.24, 2.45) is 11.8 Å². The Balaban J connectivity index is 2.20. The van der Waals surface area contributed by atoms with Crippen molar-refractivity contribution in [2.45, 2.75) is 59.3 Å². The molecule has 0 aliphatic heterocycles. The van der Waals surface area contributed by atoms with E-state index in [1.807, 2.05) is 6.08 Å². The van der Waals surface area contributed by atoms with E-state index < -0.39 is 0 Å². The van der Waals surface area contributed by atoms with E-state index in [-0.39, 0.29) is 0 Å². The molecular formula is C14H24O. The molecule has 0 radical (unpaired) electrons. The third kappa shape index (κ3) is 5.15. The Morgan fingerprint density at radius 1 is 1.47 bits per heavy atom. The zero-order valence-electron chi connectivity index (χ0n) is 10.4. The van der Waals surface area contributed by atoms with Crippen molar-refractivity contribution in [3.05, 3.63) is 11.6 Å². The molecule has 1 rings (SSSR count). The molecule has 0 aromatic carbocycles. The molecule has 0 amide bonds. The Kier molecular flexibility index (Phi) is 5.07. The average Bonchev–Trinajstić information content (AvgIpc) is 3.00. The van der Waals surface area contributed by atoms with Crippen molar-refractivity contribution >= 4 is 5.78 Å². The molecule has 15 heavy (non-hydrogen) atoms. The Hall–Kier alpha value is -0.590. The van der Waals surface area contributed by atoms with E-state index in [4.69, 9.17) is 0 Å². The third-order valence-electron chi connectivity index (χ3n) is 3.51. The van der Waals surface area contributed by atoms with Crippen LogP contribution in [0.3, 0.4) is 0 Å². The zero-order chi connectivity index (χ0) is 11.3. The van der Waals surface area contributed by atoms with E-state index in [0.717, 1.165) is 25.2 Å². The van der Waals surface area contributed by atoms with E-state index in [1.54, 1.807) is 0 Å². The second-order valence-corrected chi connectivity index (χ2v) is 5.00. The van der Waals surface area contributed by atoms with Gasteiger partial charge in [0.05, 0.1) is 0 Å². The third-order valence-corrected chi connectivity index (χ3v) is 3.51. The highest BCUT2D eigenvalue weighted by Gasteiger charge is 2.20. The Labute approximate surface area is 93.9 Å². The predicted molar refractivity (Wildman–Crippen MR) is 64.8 cm³/mol. The van der Waals surface area contributed by atoms with Gasteiger partial charge in [0.2, 0.25) is 0 Å². The molecule has 1 heteroatoms. The molecule has 0 aromatic rings. The lowest BCUT2D eigenvalue weighted by Crippen LogP contribution is -1.99. The van der Waals surface area contributed by atoms with E-state index >= 15 is 0 Å². The van der Waals surface area contributed by atoms with Crippen LogP contribution >= 0.6 is 0 Å². The fourth-order valence-corrected chi connectivity index (χ4v) is 1.76. The summed E-state index contributed by atoms with van der Waals surface area (Å²) in [7, 11) is 0. The van der Waals surface area contributed by atoms with Crippen LogP contribution in [-0.2, 0) is 4.79 Å². The molecule has 86 valence electrons. The van der Waals surface area contributed by atoms with Crippen LogP contribution in [0.5, 0.6) is 0 Å². The first-order valence-electron chi connectivity index (χ1n) is 6.34. The van der Waals surface area contributed by atoms with Gasteiger partial charge >= 0.3 is 0 Å². The number of rotatable bonds is 7. The molecule has 1 saturated carbocycles. The van der Waals surface area contributed by atoms with Gasteiger partial charge in [-0.1, -0.05) is 38.7 Å². The highest BCUT2D eigenvalue weighted by Crippen LogP contribution is 2.33. The lowest BCUT2D eigenvalue weighted by molar-refractivity contribution is -0.114. The normalized spacial score (nSPS) is 19.0. The Morgan fingerprint density at radius 3 is 2.67 bits per heavy atom. The summed E-state index contributed by atoms with van der Waals surface area (Å²) in [6.45, 7) is 6.43. The van der Waals surface area contributed by atoms with Crippen molar-refractivity contribution in [1.29, 1.82) is 0 Å². The van der Waals surface area contributed by atoms with E-state index in [1.165, 1.54) is 24.8 Å². The fourth-order valence-electron chi connectivity index (χ4n) is 1.76. The van der Waals surface area contributed by atoms with Crippen LogP contribution in [0.25, 0.3) is 0 Å². The van der Waals surface area contributed by atoms with Crippen molar-refractivity contribution in [1.82, 2.24) is 0 Å². The molecule has 0 saturated heterocycles. The van der Waals surface area contributed by atoms with Crippen molar-refractivity contribution in [3.8, 4) is 0 Å². The van der Waals surface area contributed by atoms with Crippen molar-refractivity contribution in [2.75, 3.05) is 0 Å². The zero-order valence-corrected chi connectivity index (χ0v) is 10.4. The summed E-state index contributed by atoms with van der Waals surface area (Å²) in [5.74, 6) is 1.84. The fraction of sp³-hybridized carbons (Fsp3) is 0.786. The van der Waals surface area contributed by atoms with Crippen LogP contribution in [-0.4, -0.2) is 5.78 Å². The quantitative estimate of drug-likeness (QED) is 0.575. The summed E-state index contributed by atoms with van der Waals surface area (Å²) in [5.41, 5.74) is 1.24. The van der Waals surface area contributed by atoms with Gasteiger partial charge in [-0.05, 0) is 37.7 Å². The molecule has 1 atom stereocenters. The van der Waals surface area contributed by atoms with Gasteiger partial charge in [0.15, 0.2) is 5.78 Å². The summed E-state index contributed by atoms with van der Waals surface area (Å²) in [6.07, 6.45) is 8.89. The maximum atomic E-state index is 11.6. The Morgan fingerprint density at radius 2 is 2.13 bits per heavy atom. The van der Waals surface area contributed by atoms with Gasteiger partial charge in [0.1, 0.15) is 0 Å². The summed E-state index contributed by atoms with van der Waals surface area (Å²) in [5, 5.41) is 0. The first-order valence-corrected chi connectivity index (χ1v) is 6.34. The summed E-state index contributed by atoms with van der Waals surface area (Å²) in [4.78, 5) is 11.6. The van der Waals surface area contributed by atoms with Crippen LogP contribution < -0.4 is 0 Å². The Bertz CT molecular complexity index is 236. The monoisotopic (exact) mass is 208 g/mol. The SMILES string of the molecule is CCC(C)/C(C)=C/C(=O)CCCC1CC1. The number of hydrogen-bond acceptors (Lipinski definition) is 1. The van der Waals surface area contributed by atoms with Crippen LogP contribution in [0, 0.1) is 11.8 Å². The summed E-state index contributed by atoms with van der Waals surface area (Å²) < 4.78 is 0. The number of allylic oxidation sites excluding steroid dienone is 2. The number of hydrogen-bond donors (Lipinski definition) is 0. The average molecular weight is 208 g/mol. The number of carbonyl (C=O) groups is 1. The molecule has 0 aromatic heterocycles. The molecule has 0 bridgehead atoms. The van der Waals surface area contributed by atoms with E-state index in [0.29, 0.717) is 11.7 Å². The maximum Gasteiger partial charge on any atom is 0.155 e. The molecule has 1 aliphatic rings. The van der Waals surface area contributed by atoms with E-state index in [9.17, 15) is 4.79 Å². The van der Waals surface area contributed by atoms with Gasteiger partial charge in [-0.15, -0.1) is 0 Å². The van der Waals surface area contributed by atoms with Crippen molar-refractivity contribution in [3.63, 3.8) is 0 Å². The molecule has 1 fully saturated rings. The number of ketones is 1. The highest BCUT2D eigenvalue weighted by molar-refractivity contribution is 5.90. The van der Waals surface area contributed by atoms with Gasteiger partial charge in [0.25, 0.3) is 0 Å². The van der Waals surface area contributed by atoms with Gasteiger partial charge in [0, 0.05) is 6.42 Å². The van der Waals surface area contributed by atoms with Gasteiger partial charge in [-0.3, -0.25) is 4.79 Å². The van der Waals surface area contributed by atoms with Crippen molar-refractivity contribution < 1.29 is 4.79 Å².